The summed E-state index contributed by atoms with van der Waals surface area (Å²) < 4.78 is 16.7. The molecule has 1 aromatic heterocycles. The number of furan rings is 1. The second-order valence-electron chi connectivity index (χ2n) is 6.17. The number of methoxy groups -OCH3 is 1. The molecule has 0 aliphatic heterocycles. The molecule has 140 valence electrons. The molecule has 0 atom stereocenters. The predicted molar refractivity (Wildman–Crippen MR) is 106 cm³/mol. The Morgan fingerprint density at radius 3 is 2.71 bits per heavy atom. The Balaban J connectivity index is 1.55. The largest absolute Gasteiger partial charge is 0.495 e. The standard InChI is InChI=1S/C22H17NO5/c1-26-21-10-17-16-7-2-3-8-19(16)28-20(17)11-18(21)23-22(25)13-27-15-6-4-5-14(9-15)12-24/h2-12H,13H2,1H3,(H,23,25). The highest BCUT2D eigenvalue weighted by molar-refractivity contribution is 6.07. The fourth-order valence-corrected chi connectivity index (χ4v) is 3.03. The van der Waals surface area contributed by atoms with Gasteiger partial charge in [-0.2, -0.15) is 0 Å². The minimum absolute atomic E-state index is 0.205. The molecule has 0 fully saturated rings. The Bertz CT molecular complexity index is 1180. The fraction of sp³-hybridized carbons (Fsp3) is 0.0909. The van der Waals surface area contributed by atoms with E-state index in [0.717, 1.165) is 22.6 Å². The van der Waals surface area contributed by atoms with E-state index in [-0.39, 0.29) is 12.5 Å². The van der Waals surface area contributed by atoms with Gasteiger partial charge in [-0.05, 0) is 24.3 Å². The third-order valence-corrected chi connectivity index (χ3v) is 4.34. The van der Waals surface area contributed by atoms with E-state index >= 15 is 0 Å². The molecule has 6 heteroatoms. The van der Waals surface area contributed by atoms with Crippen LogP contribution in [0.4, 0.5) is 5.69 Å². The number of rotatable bonds is 6. The van der Waals surface area contributed by atoms with Crippen molar-refractivity contribution in [1.82, 2.24) is 0 Å². The molecule has 1 amide bonds. The zero-order valence-electron chi connectivity index (χ0n) is 15.1. The number of para-hydroxylation sites is 1. The average Bonchev–Trinajstić information content (AvgIpc) is 3.09. The van der Waals surface area contributed by atoms with Crippen LogP contribution in [0.1, 0.15) is 10.4 Å². The molecule has 1 heterocycles. The molecule has 6 nitrogen and oxygen atoms in total. The van der Waals surface area contributed by atoms with E-state index in [1.165, 1.54) is 0 Å². The smallest absolute Gasteiger partial charge is 0.262 e. The van der Waals surface area contributed by atoms with Crippen molar-refractivity contribution in [1.29, 1.82) is 0 Å². The van der Waals surface area contributed by atoms with Crippen molar-refractivity contribution < 1.29 is 23.5 Å². The number of carbonyl (C=O) groups excluding carboxylic acids is 2. The number of benzene rings is 3. The van der Waals surface area contributed by atoms with Crippen LogP contribution in [0.2, 0.25) is 0 Å². The Labute approximate surface area is 160 Å². The molecular formula is C22H17NO5. The van der Waals surface area contributed by atoms with Gasteiger partial charge in [0.1, 0.15) is 29.0 Å². The second-order valence-corrected chi connectivity index (χ2v) is 6.17. The topological polar surface area (TPSA) is 77.8 Å². The van der Waals surface area contributed by atoms with Crippen LogP contribution in [0.15, 0.2) is 65.1 Å². The van der Waals surface area contributed by atoms with Gasteiger partial charge in [0.25, 0.3) is 5.91 Å². The van der Waals surface area contributed by atoms with Gasteiger partial charge < -0.3 is 19.2 Å². The first kappa shape index (κ1) is 17.6. The molecule has 0 bridgehead atoms. The van der Waals surface area contributed by atoms with Crippen LogP contribution in [0.5, 0.6) is 11.5 Å². The Morgan fingerprint density at radius 2 is 1.89 bits per heavy atom. The van der Waals surface area contributed by atoms with Gasteiger partial charge in [-0.3, -0.25) is 9.59 Å². The lowest BCUT2D eigenvalue weighted by Crippen LogP contribution is -2.20. The van der Waals surface area contributed by atoms with Crippen LogP contribution in [-0.2, 0) is 4.79 Å². The van der Waals surface area contributed by atoms with Gasteiger partial charge in [0.2, 0.25) is 0 Å². The predicted octanol–water partition coefficient (Wildman–Crippen LogP) is 4.42. The van der Waals surface area contributed by atoms with E-state index in [9.17, 15) is 9.59 Å². The van der Waals surface area contributed by atoms with Crippen molar-refractivity contribution in [3.8, 4) is 11.5 Å². The lowest BCUT2D eigenvalue weighted by Gasteiger charge is -2.11. The van der Waals surface area contributed by atoms with Crippen LogP contribution < -0.4 is 14.8 Å². The number of nitrogens with one attached hydrogen (secondary N) is 1. The third kappa shape index (κ3) is 3.40. The molecule has 0 aliphatic rings. The number of fused-ring (bicyclic) bond motifs is 3. The summed E-state index contributed by atoms with van der Waals surface area (Å²) in [5, 5.41) is 4.67. The van der Waals surface area contributed by atoms with Gasteiger partial charge in [-0.25, -0.2) is 0 Å². The van der Waals surface area contributed by atoms with Crippen molar-refractivity contribution >= 4 is 39.8 Å². The van der Waals surface area contributed by atoms with Crippen molar-refractivity contribution in [2.45, 2.75) is 0 Å². The maximum Gasteiger partial charge on any atom is 0.262 e. The molecule has 3 aromatic carbocycles. The summed E-state index contributed by atoms with van der Waals surface area (Å²) in [6.45, 7) is -0.205. The molecule has 4 rings (SSSR count). The first-order valence-corrected chi connectivity index (χ1v) is 8.65. The number of anilines is 1. The van der Waals surface area contributed by atoms with Crippen molar-refractivity contribution in [3.05, 3.63) is 66.2 Å². The van der Waals surface area contributed by atoms with Crippen LogP contribution >= 0.6 is 0 Å². The summed E-state index contributed by atoms with van der Waals surface area (Å²) in [6.07, 6.45) is 0.723. The summed E-state index contributed by atoms with van der Waals surface area (Å²) in [5.41, 5.74) is 2.39. The van der Waals surface area contributed by atoms with Gasteiger partial charge in [0.15, 0.2) is 6.61 Å². The maximum atomic E-state index is 12.3. The number of hydrogen-bond donors (Lipinski definition) is 1. The molecule has 4 aromatic rings. The fourth-order valence-electron chi connectivity index (χ4n) is 3.03. The minimum atomic E-state index is -0.356. The van der Waals surface area contributed by atoms with E-state index in [1.807, 2.05) is 30.3 Å². The molecule has 0 aliphatic carbocycles. The minimum Gasteiger partial charge on any atom is -0.495 e. The number of carbonyl (C=O) groups is 2. The zero-order valence-corrected chi connectivity index (χ0v) is 15.1. The first-order valence-electron chi connectivity index (χ1n) is 8.65. The van der Waals surface area contributed by atoms with Crippen LogP contribution in [-0.4, -0.2) is 25.9 Å². The van der Waals surface area contributed by atoms with Gasteiger partial charge in [0.05, 0.1) is 12.8 Å². The van der Waals surface area contributed by atoms with Gasteiger partial charge in [0, 0.05) is 22.4 Å². The van der Waals surface area contributed by atoms with Crippen LogP contribution in [0.25, 0.3) is 21.9 Å². The third-order valence-electron chi connectivity index (χ3n) is 4.34. The molecule has 0 spiro atoms. The number of ether oxygens (including phenoxy) is 2. The Kier molecular flexibility index (Phi) is 4.68. The van der Waals surface area contributed by atoms with E-state index in [0.29, 0.717) is 28.3 Å². The summed E-state index contributed by atoms with van der Waals surface area (Å²) in [7, 11) is 1.54. The highest BCUT2D eigenvalue weighted by Crippen LogP contribution is 2.36. The van der Waals surface area contributed by atoms with Gasteiger partial charge >= 0.3 is 0 Å². The van der Waals surface area contributed by atoms with Crippen molar-refractivity contribution in [2.75, 3.05) is 19.0 Å². The summed E-state index contributed by atoms with van der Waals surface area (Å²) in [5.74, 6) is 0.611. The maximum absolute atomic E-state index is 12.3. The molecule has 1 N–H and O–H groups in total. The molecule has 0 saturated carbocycles. The van der Waals surface area contributed by atoms with Gasteiger partial charge in [-0.15, -0.1) is 0 Å². The van der Waals surface area contributed by atoms with E-state index in [4.69, 9.17) is 13.9 Å². The van der Waals surface area contributed by atoms with E-state index in [2.05, 4.69) is 5.32 Å². The number of aldehydes is 1. The van der Waals surface area contributed by atoms with E-state index < -0.39 is 0 Å². The zero-order chi connectivity index (χ0) is 19.5. The Hall–Kier alpha value is -3.80. The highest BCUT2D eigenvalue weighted by atomic mass is 16.5. The first-order chi connectivity index (χ1) is 13.7. The highest BCUT2D eigenvalue weighted by Gasteiger charge is 2.14. The quantitative estimate of drug-likeness (QED) is 0.505. The summed E-state index contributed by atoms with van der Waals surface area (Å²) in [4.78, 5) is 23.1. The number of amides is 1. The monoisotopic (exact) mass is 375 g/mol. The Morgan fingerprint density at radius 1 is 1.04 bits per heavy atom. The van der Waals surface area contributed by atoms with Crippen molar-refractivity contribution in [2.24, 2.45) is 0 Å². The molecule has 0 unspecified atom stereocenters. The van der Waals surface area contributed by atoms with Crippen molar-refractivity contribution in [3.63, 3.8) is 0 Å². The average molecular weight is 375 g/mol. The lowest BCUT2D eigenvalue weighted by molar-refractivity contribution is -0.118. The van der Waals surface area contributed by atoms with E-state index in [1.54, 1.807) is 37.4 Å². The van der Waals surface area contributed by atoms with Crippen LogP contribution in [0.3, 0.4) is 0 Å². The van der Waals surface area contributed by atoms with Gasteiger partial charge in [-0.1, -0.05) is 30.3 Å². The second kappa shape index (κ2) is 7.44. The molecule has 0 radical (unpaired) electrons. The number of hydrogen-bond acceptors (Lipinski definition) is 5. The summed E-state index contributed by atoms with van der Waals surface area (Å²) >= 11 is 0. The molecule has 0 saturated heterocycles. The summed E-state index contributed by atoms with van der Waals surface area (Å²) in [6, 6.07) is 17.9. The SMILES string of the molecule is COc1cc2c(cc1NC(=O)COc1cccc(C=O)c1)oc1ccccc12. The lowest BCUT2D eigenvalue weighted by atomic mass is 10.1. The van der Waals surface area contributed by atoms with Crippen LogP contribution in [0, 0.1) is 0 Å². The normalized spacial score (nSPS) is 10.8. The molecule has 28 heavy (non-hydrogen) atoms. The molecular weight excluding hydrogens is 358 g/mol.